The van der Waals surface area contributed by atoms with Crippen molar-refractivity contribution in [2.45, 2.75) is 0 Å². The van der Waals surface area contributed by atoms with E-state index in [9.17, 15) is 14.4 Å². The molecule has 8 nitrogen and oxygen atoms in total. The van der Waals surface area contributed by atoms with Gasteiger partial charge in [-0.05, 0) is 23.8 Å². The summed E-state index contributed by atoms with van der Waals surface area (Å²) in [5, 5.41) is 0.986. The zero-order chi connectivity index (χ0) is 24.5. The van der Waals surface area contributed by atoms with E-state index in [1.807, 2.05) is 42.5 Å². The molecule has 3 aromatic carbocycles. The van der Waals surface area contributed by atoms with Crippen LogP contribution < -0.4 is 10.3 Å². The molecule has 0 unspecified atom stereocenters. The number of hydrogen-bond acceptors (Lipinski definition) is 7. The molecular weight excluding hydrogens is 448 g/mol. The number of carbonyl (C=O) groups is 2. The van der Waals surface area contributed by atoms with E-state index >= 15 is 0 Å². The third-order valence-corrected chi connectivity index (χ3v) is 6.05. The van der Waals surface area contributed by atoms with E-state index in [2.05, 4.69) is 4.98 Å². The molecule has 0 saturated heterocycles. The molecule has 0 bridgehead atoms. The number of hydrogen-bond donors (Lipinski definition) is 1. The molecule has 0 amide bonds. The summed E-state index contributed by atoms with van der Waals surface area (Å²) in [6.45, 7) is -0.125. The fraction of sp³-hybridized carbons (Fsp3) is 0.148. The molecule has 2 heterocycles. The van der Waals surface area contributed by atoms with Gasteiger partial charge in [0.1, 0.15) is 12.4 Å². The standard InChI is InChI=1S/C27H22N2O6/c1-33-26(31)20-14-35-15-29(24(20)27(32)34-2)21-13-7-12-19-23(21)28-22-17(16-8-4-3-5-9-16)10-6-11-18(22)25(19)30/h3-13H,14-15H2,1-2H3,(H,28,30). The fourth-order valence-electron chi connectivity index (χ4n) is 4.42. The molecule has 0 radical (unpaired) electrons. The average molecular weight is 470 g/mol. The lowest BCUT2D eigenvalue weighted by Gasteiger charge is -2.31. The van der Waals surface area contributed by atoms with Gasteiger partial charge >= 0.3 is 11.9 Å². The highest BCUT2D eigenvalue weighted by Gasteiger charge is 2.33. The first-order valence-electron chi connectivity index (χ1n) is 10.9. The highest BCUT2D eigenvalue weighted by Crippen LogP contribution is 2.34. The van der Waals surface area contributed by atoms with Crippen LogP contribution in [0.3, 0.4) is 0 Å². The van der Waals surface area contributed by atoms with Crippen molar-refractivity contribution in [3.8, 4) is 11.1 Å². The minimum absolute atomic E-state index is 0.00962. The summed E-state index contributed by atoms with van der Waals surface area (Å²) in [5.41, 5.74) is 3.38. The van der Waals surface area contributed by atoms with Crippen LogP contribution in [0.4, 0.5) is 5.69 Å². The van der Waals surface area contributed by atoms with Gasteiger partial charge in [0.15, 0.2) is 5.43 Å². The van der Waals surface area contributed by atoms with E-state index in [4.69, 9.17) is 14.2 Å². The van der Waals surface area contributed by atoms with Crippen LogP contribution in [0, 0.1) is 0 Å². The van der Waals surface area contributed by atoms with E-state index < -0.39 is 11.9 Å². The number of pyridine rings is 1. The lowest BCUT2D eigenvalue weighted by atomic mass is 10.00. The number of nitrogens with one attached hydrogen (secondary N) is 1. The van der Waals surface area contributed by atoms with Crippen molar-refractivity contribution >= 4 is 39.4 Å². The van der Waals surface area contributed by atoms with Crippen LogP contribution in [0.5, 0.6) is 0 Å². The maximum Gasteiger partial charge on any atom is 0.355 e. The van der Waals surface area contributed by atoms with Gasteiger partial charge in [-0.3, -0.25) is 4.79 Å². The van der Waals surface area contributed by atoms with Crippen molar-refractivity contribution in [2.75, 3.05) is 32.5 Å². The quantitative estimate of drug-likeness (QED) is 0.358. The Morgan fingerprint density at radius 3 is 2.26 bits per heavy atom. The normalized spacial score (nSPS) is 13.8. The van der Waals surface area contributed by atoms with E-state index in [0.29, 0.717) is 27.5 Å². The van der Waals surface area contributed by atoms with E-state index in [-0.39, 0.29) is 30.0 Å². The molecule has 0 saturated carbocycles. The predicted octanol–water partition coefficient (Wildman–Crippen LogP) is 3.74. The van der Waals surface area contributed by atoms with Gasteiger partial charge in [-0.25, -0.2) is 9.59 Å². The lowest BCUT2D eigenvalue weighted by molar-refractivity contribution is -0.140. The maximum absolute atomic E-state index is 13.5. The van der Waals surface area contributed by atoms with Crippen LogP contribution in [0.15, 0.2) is 82.8 Å². The largest absolute Gasteiger partial charge is 0.466 e. The molecule has 5 rings (SSSR count). The van der Waals surface area contributed by atoms with Crippen LogP contribution in [0.25, 0.3) is 32.9 Å². The number of nitrogens with zero attached hydrogens (tertiary/aromatic N) is 1. The van der Waals surface area contributed by atoms with Gasteiger partial charge in [-0.2, -0.15) is 0 Å². The zero-order valence-electron chi connectivity index (χ0n) is 19.2. The molecular formula is C27H22N2O6. The van der Waals surface area contributed by atoms with Gasteiger partial charge in [0, 0.05) is 16.3 Å². The average Bonchev–Trinajstić information content (AvgIpc) is 2.92. The second-order valence-electron chi connectivity index (χ2n) is 7.96. The van der Waals surface area contributed by atoms with Gasteiger partial charge in [0.05, 0.1) is 43.1 Å². The summed E-state index contributed by atoms with van der Waals surface area (Å²) >= 11 is 0. The van der Waals surface area contributed by atoms with Crippen molar-refractivity contribution < 1.29 is 23.8 Å². The second-order valence-corrected chi connectivity index (χ2v) is 7.96. The highest BCUT2D eigenvalue weighted by molar-refractivity contribution is 6.07. The van der Waals surface area contributed by atoms with E-state index in [0.717, 1.165) is 11.1 Å². The summed E-state index contributed by atoms with van der Waals surface area (Å²) in [5.74, 6) is -1.40. The first kappa shape index (κ1) is 22.4. The molecule has 35 heavy (non-hydrogen) atoms. The Hall–Kier alpha value is -4.43. The number of fused-ring (bicyclic) bond motifs is 2. The highest BCUT2D eigenvalue weighted by atomic mass is 16.5. The van der Waals surface area contributed by atoms with Crippen LogP contribution in [-0.4, -0.2) is 44.5 Å². The molecule has 176 valence electrons. The van der Waals surface area contributed by atoms with Crippen LogP contribution in [0.1, 0.15) is 0 Å². The monoisotopic (exact) mass is 470 g/mol. The number of anilines is 1. The van der Waals surface area contributed by atoms with Gasteiger partial charge in [-0.1, -0.05) is 48.5 Å². The molecule has 1 aliphatic heterocycles. The SMILES string of the molecule is COC(=O)C1=C(C(=O)OC)N(c2cccc3c(=O)c4cccc(-c5ccccc5)c4[nH]c23)COC1. The first-order chi connectivity index (χ1) is 17.0. The number of aromatic nitrogens is 1. The van der Waals surface area contributed by atoms with E-state index in [1.54, 1.807) is 24.3 Å². The summed E-state index contributed by atoms with van der Waals surface area (Å²) in [7, 11) is 2.47. The van der Waals surface area contributed by atoms with Crippen molar-refractivity contribution in [1.82, 2.24) is 4.98 Å². The summed E-state index contributed by atoms with van der Waals surface area (Å²) in [6.07, 6.45) is 0. The Labute approximate surface area is 200 Å². The van der Waals surface area contributed by atoms with Gasteiger partial charge in [-0.15, -0.1) is 0 Å². The van der Waals surface area contributed by atoms with Gasteiger partial charge in [0.2, 0.25) is 0 Å². The molecule has 0 fully saturated rings. The number of esters is 2. The molecule has 0 spiro atoms. The number of carbonyl (C=O) groups excluding carboxylic acids is 2. The van der Waals surface area contributed by atoms with Crippen molar-refractivity contribution in [3.05, 3.63) is 88.2 Å². The number of rotatable bonds is 4. The number of para-hydroxylation sites is 2. The molecule has 1 aromatic heterocycles. The molecule has 1 aliphatic rings. The number of aromatic amines is 1. The van der Waals surface area contributed by atoms with E-state index in [1.165, 1.54) is 19.1 Å². The number of methoxy groups -OCH3 is 2. The fourth-order valence-corrected chi connectivity index (χ4v) is 4.42. The van der Waals surface area contributed by atoms with Gasteiger partial charge < -0.3 is 24.1 Å². The molecule has 0 aliphatic carbocycles. The van der Waals surface area contributed by atoms with Crippen LogP contribution in [-0.2, 0) is 23.8 Å². The number of ether oxygens (including phenoxy) is 3. The molecule has 0 atom stereocenters. The van der Waals surface area contributed by atoms with Crippen LogP contribution >= 0.6 is 0 Å². The Balaban J connectivity index is 1.81. The Bertz CT molecular complexity index is 1560. The number of benzene rings is 3. The second kappa shape index (κ2) is 9.08. The van der Waals surface area contributed by atoms with Gasteiger partial charge in [0.25, 0.3) is 0 Å². The Morgan fingerprint density at radius 1 is 0.857 bits per heavy atom. The Morgan fingerprint density at radius 2 is 1.54 bits per heavy atom. The zero-order valence-corrected chi connectivity index (χ0v) is 19.2. The third-order valence-electron chi connectivity index (χ3n) is 6.05. The smallest absolute Gasteiger partial charge is 0.355 e. The summed E-state index contributed by atoms with van der Waals surface area (Å²) in [4.78, 5) is 43.7. The van der Waals surface area contributed by atoms with Crippen molar-refractivity contribution in [3.63, 3.8) is 0 Å². The van der Waals surface area contributed by atoms with Crippen molar-refractivity contribution in [2.24, 2.45) is 0 Å². The molecule has 4 aromatic rings. The Kier molecular flexibility index (Phi) is 5.80. The minimum Gasteiger partial charge on any atom is -0.466 e. The molecule has 8 heteroatoms. The maximum atomic E-state index is 13.5. The third kappa shape index (κ3) is 3.74. The van der Waals surface area contributed by atoms with Crippen LogP contribution in [0.2, 0.25) is 0 Å². The van der Waals surface area contributed by atoms with Crippen molar-refractivity contribution in [1.29, 1.82) is 0 Å². The topological polar surface area (TPSA) is 97.9 Å². The first-order valence-corrected chi connectivity index (χ1v) is 10.9. The lowest BCUT2D eigenvalue weighted by Crippen LogP contribution is -2.39. The summed E-state index contributed by atoms with van der Waals surface area (Å²) < 4.78 is 15.5. The molecule has 1 N–H and O–H groups in total. The summed E-state index contributed by atoms with van der Waals surface area (Å²) in [6, 6.07) is 20.5. The predicted molar refractivity (Wildman–Crippen MR) is 132 cm³/mol. The minimum atomic E-state index is -0.709. The number of H-pyrrole nitrogens is 1.